The predicted molar refractivity (Wildman–Crippen MR) is 105 cm³/mol. The van der Waals surface area contributed by atoms with Gasteiger partial charge in [0.15, 0.2) is 16.5 Å². The molecule has 0 aliphatic carbocycles. The SMILES string of the molecule is Cc1cc2nc3s/c(=C\c4cc5c(cc4Br)OCO5)c(=O)n3c2cc1C. The van der Waals surface area contributed by atoms with Gasteiger partial charge in [0.1, 0.15) is 0 Å². The van der Waals surface area contributed by atoms with E-state index in [1.807, 2.05) is 37.3 Å². The standard InChI is InChI=1S/C19H13BrN2O3S/c1-9-3-13-14(4-10(9)2)22-18(23)17(26-19(22)21-13)6-11-5-15-16(7-12(11)20)25-8-24-15/h3-7H,8H2,1-2H3/b17-6-. The summed E-state index contributed by atoms with van der Waals surface area (Å²) in [4.78, 5) is 18.3. The van der Waals surface area contributed by atoms with Crippen LogP contribution in [0.3, 0.4) is 0 Å². The molecule has 0 radical (unpaired) electrons. The first-order valence-electron chi connectivity index (χ1n) is 8.04. The fraction of sp³-hybridized carbons (Fsp3) is 0.158. The number of rotatable bonds is 1. The Morgan fingerprint density at radius 3 is 2.69 bits per heavy atom. The number of halogens is 1. The lowest BCUT2D eigenvalue weighted by Gasteiger charge is -2.01. The zero-order chi connectivity index (χ0) is 18.0. The van der Waals surface area contributed by atoms with E-state index in [1.54, 1.807) is 4.40 Å². The number of thiazole rings is 1. The van der Waals surface area contributed by atoms with E-state index in [1.165, 1.54) is 16.9 Å². The molecule has 2 aromatic heterocycles. The fourth-order valence-electron chi connectivity index (χ4n) is 3.10. The highest BCUT2D eigenvalue weighted by Crippen LogP contribution is 2.37. The van der Waals surface area contributed by atoms with Gasteiger partial charge in [0, 0.05) is 4.47 Å². The van der Waals surface area contributed by atoms with Gasteiger partial charge in [-0.2, -0.15) is 0 Å². The molecule has 7 heteroatoms. The lowest BCUT2D eigenvalue weighted by atomic mass is 10.1. The Morgan fingerprint density at radius 1 is 1.15 bits per heavy atom. The molecule has 4 aromatic rings. The average Bonchev–Trinajstić information content (AvgIpc) is 3.25. The van der Waals surface area contributed by atoms with Crippen LogP contribution in [0.2, 0.25) is 0 Å². The monoisotopic (exact) mass is 428 g/mol. The van der Waals surface area contributed by atoms with Crippen LogP contribution in [-0.4, -0.2) is 16.2 Å². The molecule has 130 valence electrons. The molecule has 0 fully saturated rings. The highest BCUT2D eigenvalue weighted by atomic mass is 79.9. The van der Waals surface area contributed by atoms with E-state index in [0.29, 0.717) is 21.0 Å². The van der Waals surface area contributed by atoms with Crippen molar-refractivity contribution in [1.82, 2.24) is 9.38 Å². The molecule has 1 aliphatic rings. The molecule has 3 heterocycles. The zero-order valence-corrected chi connectivity index (χ0v) is 16.4. The lowest BCUT2D eigenvalue weighted by molar-refractivity contribution is 0.174. The second-order valence-corrected chi connectivity index (χ2v) is 8.16. The highest BCUT2D eigenvalue weighted by molar-refractivity contribution is 9.10. The molecule has 0 N–H and O–H groups in total. The smallest absolute Gasteiger partial charge is 0.274 e. The second-order valence-electron chi connectivity index (χ2n) is 6.30. The maximum Gasteiger partial charge on any atom is 0.274 e. The molecule has 0 atom stereocenters. The Balaban J connectivity index is 1.76. The van der Waals surface area contributed by atoms with Crippen LogP contribution in [-0.2, 0) is 0 Å². The predicted octanol–water partition coefficient (Wildman–Crippen LogP) is 3.56. The zero-order valence-electron chi connectivity index (χ0n) is 14.0. The number of hydrogen-bond acceptors (Lipinski definition) is 5. The minimum absolute atomic E-state index is 0.0553. The molecule has 26 heavy (non-hydrogen) atoms. The van der Waals surface area contributed by atoms with Crippen molar-refractivity contribution in [3.63, 3.8) is 0 Å². The van der Waals surface area contributed by atoms with Crippen molar-refractivity contribution in [2.24, 2.45) is 0 Å². The van der Waals surface area contributed by atoms with Gasteiger partial charge in [-0.25, -0.2) is 9.38 Å². The highest BCUT2D eigenvalue weighted by Gasteiger charge is 2.17. The molecule has 0 spiro atoms. The molecular formula is C19H13BrN2O3S. The van der Waals surface area contributed by atoms with Gasteiger partial charge in [-0.3, -0.25) is 4.79 Å². The number of imidazole rings is 1. The number of benzene rings is 2. The molecule has 0 amide bonds. The number of aryl methyl sites for hydroxylation is 2. The molecule has 5 rings (SSSR count). The van der Waals surface area contributed by atoms with E-state index >= 15 is 0 Å². The van der Waals surface area contributed by atoms with Crippen molar-refractivity contribution in [3.8, 4) is 11.5 Å². The Hall–Kier alpha value is -2.38. The average molecular weight is 429 g/mol. The Kier molecular flexibility index (Phi) is 3.39. The fourth-order valence-corrected chi connectivity index (χ4v) is 4.52. The van der Waals surface area contributed by atoms with E-state index in [-0.39, 0.29) is 12.4 Å². The van der Waals surface area contributed by atoms with Crippen LogP contribution in [0.1, 0.15) is 16.7 Å². The first kappa shape index (κ1) is 15.8. The summed E-state index contributed by atoms with van der Waals surface area (Å²) >= 11 is 4.93. The summed E-state index contributed by atoms with van der Waals surface area (Å²) in [6, 6.07) is 7.79. The van der Waals surface area contributed by atoms with E-state index in [4.69, 9.17) is 9.47 Å². The number of aromatic nitrogens is 2. The van der Waals surface area contributed by atoms with Crippen LogP contribution in [0.5, 0.6) is 11.5 Å². The number of fused-ring (bicyclic) bond motifs is 4. The third-order valence-electron chi connectivity index (χ3n) is 4.63. The van der Waals surface area contributed by atoms with Crippen molar-refractivity contribution in [1.29, 1.82) is 0 Å². The molecule has 0 bridgehead atoms. The molecule has 5 nitrogen and oxygen atoms in total. The summed E-state index contributed by atoms with van der Waals surface area (Å²) in [7, 11) is 0. The molecule has 0 saturated carbocycles. The van der Waals surface area contributed by atoms with Crippen LogP contribution in [0.25, 0.3) is 22.1 Å². The lowest BCUT2D eigenvalue weighted by Crippen LogP contribution is -2.22. The van der Waals surface area contributed by atoms with Gasteiger partial charge in [0.25, 0.3) is 5.56 Å². The Labute approximate surface area is 160 Å². The van der Waals surface area contributed by atoms with Gasteiger partial charge in [0.05, 0.1) is 15.6 Å². The normalized spacial score (nSPS) is 14.0. The van der Waals surface area contributed by atoms with E-state index in [0.717, 1.165) is 26.6 Å². The summed E-state index contributed by atoms with van der Waals surface area (Å²) in [5.74, 6) is 1.39. The van der Waals surface area contributed by atoms with Gasteiger partial charge in [-0.15, -0.1) is 0 Å². The molecule has 2 aromatic carbocycles. The van der Waals surface area contributed by atoms with Crippen molar-refractivity contribution in [2.75, 3.05) is 6.79 Å². The summed E-state index contributed by atoms with van der Waals surface area (Å²) in [6.45, 7) is 4.31. The molecule has 0 unspecified atom stereocenters. The quantitative estimate of drug-likeness (QED) is 0.465. The molecular weight excluding hydrogens is 416 g/mol. The van der Waals surface area contributed by atoms with Crippen LogP contribution in [0, 0.1) is 13.8 Å². The summed E-state index contributed by atoms with van der Waals surface area (Å²) in [6.07, 6.45) is 1.86. The minimum Gasteiger partial charge on any atom is -0.454 e. The first-order valence-corrected chi connectivity index (χ1v) is 9.65. The minimum atomic E-state index is -0.0553. The van der Waals surface area contributed by atoms with Gasteiger partial charge in [-0.1, -0.05) is 27.3 Å². The van der Waals surface area contributed by atoms with Crippen molar-refractivity contribution in [3.05, 3.63) is 60.3 Å². The van der Waals surface area contributed by atoms with Gasteiger partial charge in [0.2, 0.25) is 6.79 Å². The largest absolute Gasteiger partial charge is 0.454 e. The van der Waals surface area contributed by atoms with E-state index in [9.17, 15) is 4.79 Å². The van der Waals surface area contributed by atoms with Crippen molar-refractivity contribution < 1.29 is 9.47 Å². The number of nitrogens with zero attached hydrogens (tertiary/aromatic N) is 2. The third kappa shape index (κ3) is 2.27. The summed E-state index contributed by atoms with van der Waals surface area (Å²) < 4.78 is 14.0. The first-order chi connectivity index (χ1) is 12.5. The summed E-state index contributed by atoms with van der Waals surface area (Å²) in [5, 5.41) is 0. The van der Waals surface area contributed by atoms with Crippen LogP contribution in [0.15, 0.2) is 33.5 Å². The number of hydrogen-bond donors (Lipinski definition) is 0. The van der Waals surface area contributed by atoms with E-state index in [2.05, 4.69) is 27.8 Å². The van der Waals surface area contributed by atoms with Gasteiger partial charge >= 0.3 is 0 Å². The third-order valence-corrected chi connectivity index (χ3v) is 6.29. The van der Waals surface area contributed by atoms with Crippen LogP contribution < -0.4 is 19.6 Å². The van der Waals surface area contributed by atoms with Gasteiger partial charge in [-0.05, 0) is 60.9 Å². The Morgan fingerprint density at radius 2 is 1.88 bits per heavy atom. The maximum absolute atomic E-state index is 13.0. The van der Waals surface area contributed by atoms with Crippen molar-refractivity contribution in [2.45, 2.75) is 13.8 Å². The van der Waals surface area contributed by atoms with Crippen molar-refractivity contribution >= 4 is 49.3 Å². The topological polar surface area (TPSA) is 52.8 Å². The molecule has 1 aliphatic heterocycles. The maximum atomic E-state index is 13.0. The van der Waals surface area contributed by atoms with Gasteiger partial charge < -0.3 is 9.47 Å². The Bertz CT molecular complexity index is 1320. The summed E-state index contributed by atoms with van der Waals surface area (Å²) in [5.41, 5.74) is 4.84. The molecule has 0 saturated heterocycles. The second kappa shape index (κ2) is 5.56. The van der Waals surface area contributed by atoms with Crippen LogP contribution >= 0.6 is 27.3 Å². The number of ether oxygens (including phenoxy) is 2. The van der Waals surface area contributed by atoms with E-state index < -0.39 is 0 Å². The van der Waals surface area contributed by atoms with Crippen LogP contribution in [0.4, 0.5) is 0 Å².